The first-order chi connectivity index (χ1) is 23.3. The molecule has 11 heteroatoms. The van der Waals surface area contributed by atoms with E-state index in [2.05, 4.69) is 45.2 Å². The van der Waals surface area contributed by atoms with Gasteiger partial charge in [-0.25, -0.2) is 4.98 Å². The standard InChI is InChI=1S/C37H26Cl2N4O3S2/c38-28-13-12-26(31(39)20-28)19-32(41-35(45)24-7-2-1-3-8-24)36(46)40-29-14-16-30(17-15-29)47-22-34(44)43-37-42-33(21-48-37)27-11-10-23-6-4-5-9-25(23)18-27/h1-21H,22H2,(H,40,46)(H,41,45)(H,42,43,44)/b32-19-. The molecule has 0 spiro atoms. The van der Waals surface area contributed by atoms with Crippen LogP contribution < -0.4 is 16.0 Å². The van der Waals surface area contributed by atoms with Crippen LogP contribution in [0.2, 0.25) is 10.0 Å². The van der Waals surface area contributed by atoms with E-state index >= 15 is 0 Å². The molecule has 5 aromatic carbocycles. The van der Waals surface area contributed by atoms with Crippen LogP contribution in [0, 0.1) is 0 Å². The molecule has 48 heavy (non-hydrogen) atoms. The van der Waals surface area contributed by atoms with Crippen LogP contribution in [0.15, 0.2) is 131 Å². The molecule has 0 aliphatic heterocycles. The number of hydrogen-bond acceptors (Lipinski definition) is 6. The topological polar surface area (TPSA) is 100 Å². The lowest BCUT2D eigenvalue weighted by Crippen LogP contribution is -2.30. The van der Waals surface area contributed by atoms with Crippen LogP contribution in [0.3, 0.4) is 0 Å². The van der Waals surface area contributed by atoms with Gasteiger partial charge in [0.2, 0.25) is 5.91 Å². The van der Waals surface area contributed by atoms with Crippen LogP contribution in [-0.4, -0.2) is 28.5 Å². The van der Waals surface area contributed by atoms with Crippen molar-refractivity contribution in [3.8, 4) is 11.3 Å². The average Bonchev–Trinajstić information content (AvgIpc) is 3.57. The highest BCUT2D eigenvalue weighted by molar-refractivity contribution is 8.00. The number of anilines is 2. The molecular formula is C37H26Cl2N4O3S2. The molecule has 0 unspecified atom stereocenters. The Labute approximate surface area is 295 Å². The van der Waals surface area contributed by atoms with Gasteiger partial charge in [-0.05, 0) is 77.0 Å². The third-order valence-corrected chi connectivity index (χ3v) is 9.40. The number of rotatable bonds is 10. The lowest BCUT2D eigenvalue weighted by molar-refractivity contribution is -0.114. The average molecular weight is 710 g/mol. The van der Waals surface area contributed by atoms with Crippen molar-refractivity contribution >= 4 is 91.7 Å². The van der Waals surface area contributed by atoms with Gasteiger partial charge in [-0.2, -0.15) is 0 Å². The second kappa shape index (κ2) is 15.3. The first-order valence-electron chi connectivity index (χ1n) is 14.6. The fraction of sp³-hybridized carbons (Fsp3) is 0.0270. The zero-order chi connectivity index (χ0) is 33.5. The molecule has 6 aromatic rings. The molecule has 0 aliphatic carbocycles. The molecule has 0 saturated heterocycles. The third-order valence-electron chi connectivity index (χ3n) is 7.07. The summed E-state index contributed by atoms with van der Waals surface area (Å²) in [5, 5.41) is 13.9. The van der Waals surface area contributed by atoms with Crippen molar-refractivity contribution in [1.82, 2.24) is 10.3 Å². The van der Waals surface area contributed by atoms with E-state index in [0.717, 1.165) is 26.9 Å². The number of fused-ring (bicyclic) bond motifs is 1. The van der Waals surface area contributed by atoms with Crippen LogP contribution in [-0.2, 0) is 9.59 Å². The van der Waals surface area contributed by atoms with E-state index < -0.39 is 11.8 Å². The summed E-state index contributed by atoms with van der Waals surface area (Å²) in [5.74, 6) is -0.996. The Hall–Kier alpha value is -4.93. The molecule has 1 heterocycles. The van der Waals surface area contributed by atoms with Gasteiger partial charge in [-0.15, -0.1) is 23.1 Å². The number of thioether (sulfide) groups is 1. The zero-order valence-corrected chi connectivity index (χ0v) is 28.2. The maximum Gasteiger partial charge on any atom is 0.272 e. The number of amides is 3. The van der Waals surface area contributed by atoms with Crippen LogP contribution in [0.1, 0.15) is 15.9 Å². The van der Waals surface area contributed by atoms with E-state index in [0.29, 0.717) is 32.0 Å². The summed E-state index contributed by atoms with van der Waals surface area (Å²) in [6, 6.07) is 34.8. The minimum absolute atomic E-state index is 0.00541. The molecule has 1 aromatic heterocycles. The van der Waals surface area contributed by atoms with Gasteiger partial charge in [-0.3, -0.25) is 14.4 Å². The van der Waals surface area contributed by atoms with Crippen molar-refractivity contribution in [2.24, 2.45) is 0 Å². The zero-order valence-electron chi connectivity index (χ0n) is 25.1. The Morgan fingerprint density at radius 2 is 1.54 bits per heavy atom. The van der Waals surface area contributed by atoms with Crippen molar-refractivity contribution in [1.29, 1.82) is 0 Å². The van der Waals surface area contributed by atoms with E-state index in [1.165, 1.54) is 29.2 Å². The quantitative estimate of drug-likeness (QED) is 0.0973. The Bertz CT molecular complexity index is 2150. The minimum atomic E-state index is -0.545. The van der Waals surface area contributed by atoms with Crippen molar-refractivity contribution in [2.45, 2.75) is 4.90 Å². The van der Waals surface area contributed by atoms with Crippen LogP contribution in [0.4, 0.5) is 10.8 Å². The molecule has 0 aliphatic rings. The van der Waals surface area contributed by atoms with Gasteiger partial charge in [0.15, 0.2) is 5.13 Å². The number of halogens is 2. The molecule has 238 valence electrons. The normalized spacial score (nSPS) is 11.2. The van der Waals surface area contributed by atoms with Crippen LogP contribution in [0.25, 0.3) is 28.1 Å². The molecule has 0 radical (unpaired) electrons. The van der Waals surface area contributed by atoms with Crippen molar-refractivity contribution in [2.75, 3.05) is 16.4 Å². The molecular weight excluding hydrogens is 683 g/mol. The summed E-state index contributed by atoms with van der Waals surface area (Å²) in [7, 11) is 0. The number of nitrogens with zero attached hydrogens (tertiary/aromatic N) is 1. The summed E-state index contributed by atoms with van der Waals surface area (Å²) in [4.78, 5) is 44.4. The number of carbonyl (C=O) groups is 3. The number of aromatic nitrogens is 1. The Morgan fingerprint density at radius 3 is 2.31 bits per heavy atom. The highest BCUT2D eigenvalue weighted by Crippen LogP contribution is 2.29. The van der Waals surface area contributed by atoms with E-state index in [1.807, 2.05) is 23.6 Å². The predicted octanol–water partition coefficient (Wildman–Crippen LogP) is 9.41. The van der Waals surface area contributed by atoms with Gasteiger partial charge >= 0.3 is 0 Å². The number of nitrogens with one attached hydrogen (secondary N) is 3. The van der Waals surface area contributed by atoms with Crippen molar-refractivity contribution < 1.29 is 14.4 Å². The number of carbonyl (C=O) groups excluding carboxylic acids is 3. The Balaban J connectivity index is 1.06. The fourth-order valence-electron chi connectivity index (χ4n) is 4.67. The first-order valence-corrected chi connectivity index (χ1v) is 17.2. The summed E-state index contributed by atoms with van der Waals surface area (Å²) in [6.07, 6.45) is 1.49. The van der Waals surface area contributed by atoms with E-state index in [-0.39, 0.29) is 17.4 Å². The summed E-state index contributed by atoms with van der Waals surface area (Å²) >= 11 is 15.1. The SMILES string of the molecule is O=C(CSc1ccc(NC(=O)/C(=C/c2ccc(Cl)cc2Cl)NC(=O)c2ccccc2)cc1)Nc1nc(-c2ccc3ccccc3c2)cs1. The highest BCUT2D eigenvalue weighted by atomic mass is 35.5. The number of hydrogen-bond donors (Lipinski definition) is 3. The number of benzene rings is 5. The second-order valence-electron chi connectivity index (χ2n) is 10.5. The monoisotopic (exact) mass is 708 g/mol. The van der Waals surface area contributed by atoms with Gasteiger partial charge in [0, 0.05) is 37.1 Å². The van der Waals surface area contributed by atoms with Gasteiger partial charge in [0.25, 0.3) is 11.8 Å². The first kappa shape index (κ1) is 33.0. The van der Waals surface area contributed by atoms with Crippen molar-refractivity contribution in [3.05, 3.63) is 148 Å². The van der Waals surface area contributed by atoms with Gasteiger partial charge < -0.3 is 16.0 Å². The maximum atomic E-state index is 13.4. The van der Waals surface area contributed by atoms with Crippen molar-refractivity contribution in [3.63, 3.8) is 0 Å². The third kappa shape index (κ3) is 8.50. The van der Waals surface area contributed by atoms with Crippen LogP contribution in [0.5, 0.6) is 0 Å². The molecule has 0 atom stereocenters. The van der Waals surface area contributed by atoms with Gasteiger partial charge in [0.1, 0.15) is 5.70 Å². The second-order valence-corrected chi connectivity index (χ2v) is 13.2. The lowest BCUT2D eigenvalue weighted by Gasteiger charge is -2.12. The highest BCUT2D eigenvalue weighted by Gasteiger charge is 2.16. The summed E-state index contributed by atoms with van der Waals surface area (Å²) < 4.78 is 0. The molecule has 3 amide bonds. The predicted molar refractivity (Wildman–Crippen MR) is 198 cm³/mol. The minimum Gasteiger partial charge on any atom is -0.321 e. The Morgan fingerprint density at radius 1 is 0.792 bits per heavy atom. The molecule has 7 nitrogen and oxygen atoms in total. The van der Waals surface area contributed by atoms with Gasteiger partial charge in [-0.1, -0.05) is 83.9 Å². The van der Waals surface area contributed by atoms with E-state index in [1.54, 1.807) is 72.8 Å². The maximum absolute atomic E-state index is 13.4. The smallest absolute Gasteiger partial charge is 0.272 e. The molecule has 0 bridgehead atoms. The summed E-state index contributed by atoms with van der Waals surface area (Å²) in [6.45, 7) is 0. The van der Waals surface area contributed by atoms with Gasteiger partial charge in [0.05, 0.1) is 11.4 Å². The Kier molecular flexibility index (Phi) is 10.5. The molecule has 3 N–H and O–H groups in total. The number of thiazole rings is 1. The largest absolute Gasteiger partial charge is 0.321 e. The van der Waals surface area contributed by atoms with E-state index in [9.17, 15) is 14.4 Å². The molecule has 0 fully saturated rings. The summed E-state index contributed by atoms with van der Waals surface area (Å²) in [5.41, 5.74) is 3.19. The fourth-order valence-corrected chi connectivity index (χ4v) is 6.56. The lowest BCUT2D eigenvalue weighted by atomic mass is 10.1. The van der Waals surface area contributed by atoms with E-state index in [4.69, 9.17) is 23.2 Å². The van der Waals surface area contributed by atoms with Crippen LogP contribution >= 0.6 is 46.3 Å². The molecule has 6 rings (SSSR count). The molecule has 0 saturated carbocycles.